The lowest BCUT2D eigenvalue weighted by Gasteiger charge is -2.17. The van der Waals surface area contributed by atoms with Crippen molar-refractivity contribution in [2.45, 2.75) is 72.1 Å². The van der Waals surface area contributed by atoms with Crippen LogP contribution in [0, 0.1) is 5.92 Å². The molecule has 0 aromatic carbocycles. The van der Waals surface area contributed by atoms with Gasteiger partial charge in [-0.2, -0.15) is 5.10 Å². The molecule has 1 aliphatic heterocycles. The second-order valence-corrected chi connectivity index (χ2v) is 8.03. The topological polar surface area (TPSA) is 41.3 Å². The SMILES string of the molecule is CC(C)=CCC/C(C)=C/CN1CCCn2nc(C(O)C3CC3)cc2C1. The zero-order valence-corrected chi connectivity index (χ0v) is 16.0. The minimum Gasteiger partial charge on any atom is -0.386 e. The molecule has 25 heavy (non-hydrogen) atoms. The Morgan fingerprint density at radius 2 is 2.08 bits per heavy atom. The van der Waals surface area contributed by atoms with Crippen LogP contribution in [-0.2, 0) is 13.1 Å². The van der Waals surface area contributed by atoms with Crippen LogP contribution in [0.1, 0.15) is 70.4 Å². The molecule has 0 radical (unpaired) electrons. The van der Waals surface area contributed by atoms with E-state index in [2.05, 4.69) is 53.7 Å². The van der Waals surface area contributed by atoms with Gasteiger partial charge in [-0.25, -0.2) is 0 Å². The Morgan fingerprint density at radius 1 is 1.28 bits per heavy atom. The zero-order valence-electron chi connectivity index (χ0n) is 16.0. The number of aliphatic hydroxyl groups is 1. The number of hydrogen-bond donors (Lipinski definition) is 1. The third-order valence-electron chi connectivity index (χ3n) is 5.27. The van der Waals surface area contributed by atoms with Crippen molar-refractivity contribution in [1.82, 2.24) is 14.7 Å². The van der Waals surface area contributed by atoms with Crippen molar-refractivity contribution in [1.29, 1.82) is 0 Å². The Kier molecular flexibility index (Phi) is 6.13. The molecule has 0 saturated heterocycles. The van der Waals surface area contributed by atoms with Crippen molar-refractivity contribution in [3.63, 3.8) is 0 Å². The van der Waals surface area contributed by atoms with E-state index >= 15 is 0 Å². The van der Waals surface area contributed by atoms with Crippen LogP contribution in [-0.4, -0.2) is 32.9 Å². The highest BCUT2D eigenvalue weighted by molar-refractivity contribution is 5.16. The van der Waals surface area contributed by atoms with Crippen LogP contribution >= 0.6 is 0 Å². The molecular weight excluding hydrogens is 310 g/mol. The standard InChI is InChI=1S/C21H33N3O/c1-16(2)6-4-7-17(3)10-13-23-11-5-12-24-19(15-23)14-20(22-24)21(25)18-8-9-18/h6,10,14,18,21,25H,4-5,7-9,11-13,15H2,1-3H3/b17-10+. The van der Waals surface area contributed by atoms with Gasteiger partial charge in [-0.15, -0.1) is 0 Å². The second-order valence-electron chi connectivity index (χ2n) is 8.03. The summed E-state index contributed by atoms with van der Waals surface area (Å²) >= 11 is 0. The molecule has 1 aliphatic carbocycles. The van der Waals surface area contributed by atoms with E-state index in [0.717, 1.165) is 64.0 Å². The van der Waals surface area contributed by atoms with E-state index in [1.807, 2.05) is 0 Å². The second kappa shape index (κ2) is 8.33. The highest BCUT2D eigenvalue weighted by atomic mass is 16.3. The van der Waals surface area contributed by atoms with Gasteiger partial charge >= 0.3 is 0 Å². The van der Waals surface area contributed by atoms with Gasteiger partial charge in [0.25, 0.3) is 0 Å². The van der Waals surface area contributed by atoms with E-state index < -0.39 is 0 Å². The predicted octanol–water partition coefficient (Wildman–Crippen LogP) is 4.22. The fourth-order valence-electron chi connectivity index (χ4n) is 3.48. The van der Waals surface area contributed by atoms with Crippen molar-refractivity contribution in [2.75, 3.05) is 13.1 Å². The minimum atomic E-state index is -0.356. The van der Waals surface area contributed by atoms with Crippen molar-refractivity contribution in [2.24, 2.45) is 5.92 Å². The average Bonchev–Trinajstić information content (AvgIpc) is 3.36. The molecular formula is C21H33N3O. The fraction of sp³-hybridized carbons (Fsp3) is 0.667. The zero-order chi connectivity index (χ0) is 17.8. The quantitative estimate of drug-likeness (QED) is 0.754. The summed E-state index contributed by atoms with van der Waals surface area (Å²) in [5.74, 6) is 0.446. The summed E-state index contributed by atoms with van der Waals surface area (Å²) in [6.07, 6.45) is 10.0. The molecule has 0 amide bonds. The summed E-state index contributed by atoms with van der Waals surface area (Å²) in [5.41, 5.74) is 5.01. The number of fused-ring (bicyclic) bond motifs is 1. The van der Waals surface area contributed by atoms with Crippen molar-refractivity contribution >= 4 is 0 Å². The Balaban J connectivity index is 1.56. The molecule has 4 heteroatoms. The molecule has 138 valence electrons. The first-order valence-electron chi connectivity index (χ1n) is 9.79. The number of nitrogens with zero attached hydrogens (tertiary/aromatic N) is 3. The molecule has 0 spiro atoms. The predicted molar refractivity (Wildman–Crippen MR) is 102 cm³/mol. The Labute approximate surface area is 152 Å². The van der Waals surface area contributed by atoms with Gasteiger partial charge in [0.05, 0.1) is 11.4 Å². The first-order chi connectivity index (χ1) is 12.0. The minimum absolute atomic E-state index is 0.356. The molecule has 1 fully saturated rings. The number of hydrogen-bond acceptors (Lipinski definition) is 3. The van der Waals surface area contributed by atoms with Crippen molar-refractivity contribution < 1.29 is 5.11 Å². The maximum atomic E-state index is 10.3. The Bertz CT molecular complexity index is 636. The van der Waals surface area contributed by atoms with Crippen molar-refractivity contribution in [3.05, 3.63) is 40.8 Å². The fourth-order valence-corrected chi connectivity index (χ4v) is 3.48. The van der Waals surface area contributed by atoms with Gasteiger partial charge in [-0.3, -0.25) is 9.58 Å². The number of rotatable bonds is 7. The maximum Gasteiger partial charge on any atom is 0.101 e. The molecule has 1 aromatic heterocycles. The molecule has 1 atom stereocenters. The van der Waals surface area contributed by atoms with E-state index in [1.54, 1.807) is 0 Å². The maximum absolute atomic E-state index is 10.3. The largest absolute Gasteiger partial charge is 0.386 e. The van der Waals surface area contributed by atoms with Gasteiger partial charge in [-0.05, 0) is 64.9 Å². The third-order valence-corrected chi connectivity index (χ3v) is 5.27. The smallest absolute Gasteiger partial charge is 0.101 e. The summed E-state index contributed by atoms with van der Waals surface area (Å²) in [5, 5.41) is 15.0. The summed E-state index contributed by atoms with van der Waals surface area (Å²) in [7, 11) is 0. The number of aliphatic hydroxyl groups excluding tert-OH is 1. The van der Waals surface area contributed by atoms with E-state index in [-0.39, 0.29) is 6.10 Å². The number of aromatic nitrogens is 2. The summed E-state index contributed by atoms with van der Waals surface area (Å²) in [4.78, 5) is 2.50. The monoisotopic (exact) mass is 343 g/mol. The van der Waals surface area contributed by atoms with Gasteiger partial charge in [0.2, 0.25) is 0 Å². The van der Waals surface area contributed by atoms with Gasteiger partial charge in [0, 0.05) is 26.2 Å². The van der Waals surface area contributed by atoms with Crippen LogP contribution in [0.4, 0.5) is 0 Å². The number of allylic oxidation sites excluding steroid dienone is 3. The number of aryl methyl sites for hydroxylation is 1. The molecule has 2 aliphatic rings. The Hall–Kier alpha value is -1.39. The molecule has 0 bridgehead atoms. The van der Waals surface area contributed by atoms with Crippen molar-refractivity contribution in [3.8, 4) is 0 Å². The first-order valence-corrected chi connectivity index (χ1v) is 9.79. The van der Waals surface area contributed by atoms with Crippen LogP contribution in [0.5, 0.6) is 0 Å². The van der Waals surface area contributed by atoms with E-state index in [9.17, 15) is 5.11 Å². The summed E-state index contributed by atoms with van der Waals surface area (Å²) in [6.45, 7) is 10.6. The third kappa shape index (κ3) is 5.29. The van der Waals surface area contributed by atoms with E-state index in [4.69, 9.17) is 0 Å². The van der Waals surface area contributed by atoms with Crippen LogP contribution in [0.2, 0.25) is 0 Å². The molecule has 1 aromatic rings. The molecule has 1 N–H and O–H groups in total. The molecule has 1 saturated carbocycles. The first kappa shape index (κ1) is 18.4. The van der Waals surface area contributed by atoms with Gasteiger partial charge in [0.1, 0.15) is 6.10 Å². The lowest BCUT2D eigenvalue weighted by molar-refractivity contribution is 0.148. The van der Waals surface area contributed by atoms with Gasteiger partial charge < -0.3 is 5.11 Å². The lowest BCUT2D eigenvalue weighted by atomic mass is 10.1. The summed E-state index contributed by atoms with van der Waals surface area (Å²) in [6, 6.07) is 2.13. The molecule has 2 heterocycles. The highest BCUT2D eigenvalue weighted by Gasteiger charge is 2.33. The Morgan fingerprint density at radius 3 is 2.80 bits per heavy atom. The van der Waals surface area contributed by atoms with Gasteiger partial charge in [-0.1, -0.05) is 23.3 Å². The lowest BCUT2D eigenvalue weighted by Crippen LogP contribution is -2.23. The van der Waals surface area contributed by atoms with Crippen LogP contribution < -0.4 is 0 Å². The molecule has 4 nitrogen and oxygen atoms in total. The molecule has 3 rings (SSSR count). The van der Waals surface area contributed by atoms with E-state index in [1.165, 1.54) is 16.8 Å². The molecule has 1 unspecified atom stereocenters. The highest BCUT2D eigenvalue weighted by Crippen LogP contribution is 2.40. The van der Waals surface area contributed by atoms with Crippen LogP contribution in [0.3, 0.4) is 0 Å². The summed E-state index contributed by atoms with van der Waals surface area (Å²) < 4.78 is 2.12. The van der Waals surface area contributed by atoms with Crippen LogP contribution in [0.15, 0.2) is 29.4 Å². The average molecular weight is 344 g/mol. The van der Waals surface area contributed by atoms with Crippen LogP contribution in [0.25, 0.3) is 0 Å². The normalized spacial score (nSPS) is 20.1. The van der Waals surface area contributed by atoms with Gasteiger partial charge in [0.15, 0.2) is 0 Å². The van der Waals surface area contributed by atoms with E-state index in [0.29, 0.717) is 5.92 Å².